The van der Waals surface area contributed by atoms with E-state index in [0.717, 1.165) is 31.2 Å². The number of aromatic nitrogens is 1. The van der Waals surface area contributed by atoms with Gasteiger partial charge < -0.3 is 9.67 Å². The summed E-state index contributed by atoms with van der Waals surface area (Å²) in [6.45, 7) is 3.21. The minimum absolute atomic E-state index is 0.398. The summed E-state index contributed by atoms with van der Waals surface area (Å²) in [5.41, 5.74) is 4.43. The van der Waals surface area contributed by atoms with Crippen molar-refractivity contribution in [2.45, 2.75) is 45.6 Å². The van der Waals surface area contributed by atoms with Crippen LogP contribution in [0, 0.1) is 0 Å². The van der Waals surface area contributed by atoms with E-state index in [1.54, 1.807) is 6.07 Å². The van der Waals surface area contributed by atoms with E-state index in [-0.39, 0.29) is 0 Å². The average molecular weight is 257 g/mol. The maximum atomic E-state index is 11.1. The van der Waals surface area contributed by atoms with E-state index >= 15 is 0 Å². The van der Waals surface area contributed by atoms with Crippen molar-refractivity contribution < 1.29 is 9.90 Å². The van der Waals surface area contributed by atoms with Crippen LogP contribution in [-0.2, 0) is 19.4 Å². The number of aryl methyl sites for hydroxylation is 2. The second kappa shape index (κ2) is 4.72. The maximum absolute atomic E-state index is 11.1. The molecule has 0 spiro atoms. The molecule has 0 fully saturated rings. The van der Waals surface area contributed by atoms with Crippen molar-refractivity contribution in [1.82, 2.24) is 4.57 Å². The van der Waals surface area contributed by atoms with Gasteiger partial charge in [-0.15, -0.1) is 0 Å². The first-order chi connectivity index (χ1) is 9.22. The van der Waals surface area contributed by atoms with Crippen molar-refractivity contribution in [2.75, 3.05) is 0 Å². The third-order valence-electron chi connectivity index (χ3n) is 4.07. The Morgan fingerprint density at radius 1 is 1.32 bits per heavy atom. The minimum Gasteiger partial charge on any atom is -0.478 e. The van der Waals surface area contributed by atoms with Gasteiger partial charge in [0.15, 0.2) is 0 Å². The lowest BCUT2D eigenvalue weighted by molar-refractivity contribution is 0.0697. The van der Waals surface area contributed by atoms with Gasteiger partial charge in [-0.1, -0.05) is 6.92 Å². The van der Waals surface area contributed by atoms with Gasteiger partial charge in [0.05, 0.1) is 5.56 Å². The summed E-state index contributed by atoms with van der Waals surface area (Å²) in [5.74, 6) is -0.838. The smallest absolute Gasteiger partial charge is 0.335 e. The standard InChI is InChI=1S/C16H19NO2/c1-2-9-17-14-6-4-3-5-12(14)13-10-11(16(18)19)7-8-15(13)17/h7-8,10H,2-6,9H2,1H3,(H,18,19). The van der Waals surface area contributed by atoms with Crippen molar-refractivity contribution in [3.63, 3.8) is 0 Å². The van der Waals surface area contributed by atoms with Crippen LogP contribution in [0.15, 0.2) is 18.2 Å². The Morgan fingerprint density at radius 2 is 2.11 bits per heavy atom. The Kier molecular flexibility index (Phi) is 3.05. The number of rotatable bonds is 3. The van der Waals surface area contributed by atoms with Crippen LogP contribution in [0.3, 0.4) is 0 Å². The van der Waals surface area contributed by atoms with Gasteiger partial charge in [-0.25, -0.2) is 4.79 Å². The van der Waals surface area contributed by atoms with E-state index < -0.39 is 5.97 Å². The van der Waals surface area contributed by atoms with E-state index in [4.69, 9.17) is 5.11 Å². The molecule has 3 rings (SSSR count). The number of carboxylic acids is 1. The van der Waals surface area contributed by atoms with Crippen LogP contribution >= 0.6 is 0 Å². The number of fused-ring (bicyclic) bond motifs is 3. The van der Waals surface area contributed by atoms with Gasteiger partial charge in [0.1, 0.15) is 0 Å². The predicted octanol–water partition coefficient (Wildman–Crippen LogP) is 3.63. The van der Waals surface area contributed by atoms with Gasteiger partial charge in [-0.3, -0.25) is 0 Å². The molecule has 1 aromatic heterocycles. The van der Waals surface area contributed by atoms with Crippen LogP contribution in [0.25, 0.3) is 10.9 Å². The molecule has 100 valence electrons. The molecule has 19 heavy (non-hydrogen) atoms. The monoisotopic (exact) mass is 257 g/mol. The van der Waals surface area contributed by atoms with E-state index in [1.165, 1.54) is 29.6 Å². The first-order valence-corrected chi connectivity index (χ1v) is 7.09. The van der Waals surface area contributed by atoms with E-state index in [9.17, 15) is 4.79 Å². The molecule has 0 atom stereocenters. The van der Waals surface area contributed by atoms with Gasteiger partial charge in [0.25, 0.3) is 0 Å². The summed E-state index contributed by atoms with van der Waals surface area (Å²) < 4.78 is 2.40. The van der Waals surface area contributed by atoms with E-state index in [1.807, 2.05) is 12.1 Å². The average Bonchev–Trinajstić information content (AvgIpc) is 2.74. The van der Waals surface area contributed by atoms with Crippen molar-refractivity contribution in [3.8, 4) is 0 Å². The number of carboxylic acid groups (broad SMARTS) is 1. The van der Waals surface area contributed by atoms with E-state index in [2.05, 4.69) is 11.5 Å². The highest BCUT2D eigenvalue weighted by molar-refractivity contribution is 5.95. The zero-order chi connectivity index (χ0) is 13.4. The van der Waals surface area contributed by atoms with Gasteiger partial charge in [0.2, 0.25) is 0 Å². The molecule has 0 saturated carbocycles. The molecule has 0 bridgehead atoms. The minimum atomic E-state index is -0.838. The second-order valence-electron chi connectivity index (χ2n) is 5.32. The normalized spacial score (nSPS) is 14.6. The Bertz CT molecular complexity index is 640. The Labute approximate surface area is 112 Å². The molecule has 1 aliphatic rings. The quantitative estimate of drug-likeness (QED) is 0.912. The number of nitrogens with zero attached hydrogens (tertiary/aromatic N) is 1. The maximum Gasteiger partial charge on any atom is 0.335 e. The van der Waals surface area contributed by atoms with Crippen molar-refractivity contribution in [1.29, 1.82) is 0 Å². The lowest BCUT2D eigenvalue weighted by atomic mass is 9.95. The molecule has 3 heteroatoms. The number of carbonyl (C=O) groups is 1. The molecule has 1 N–H and O–H groups in total. The molecule has 3 nitrogen and oxygen atoms in total. The molecule has 0 amide bonds. The Hall–Kier alpha value is -1.77. The zero-order valence-electron chi connectivity index (χ0n) is 11.3. The van der Waals surface area contributed by atoms with Gasteiger partial charge in [0, 0.05) is 23.1 Å². The lowest BCUT2D eigenvalue weighted by Crippen LogP contribution is -2.08. The highest BCUT2D eigenvalue weighted by Crippen LogP contribution is 2.33. The third-order valence-corrected chi connectivity index (χ3v) is 4.07. The topological polar surface area (TPSA) is 42.2 Å². The SMILES string of the molecule is CCCn1c2c(c3cc(C(=O)O)ccc31)CCCC2. The molecule has 0 unspecified atom stereocenters. The molecular weight excluding hydrogens is 238 g/mol. The second-order valence-corrected chi connectivity index (χ2v) is 5.32. The van der Waals surface area contributed by atoms with Crippen LogP contribution < -0.4 is 0 Å². The molecular formula is C16H19NO2. The number of benzene rings is 1. The first kappa shape index (κ1) is 12.3. The van der Waals surface area contributed by atoms with Crippen molar-refractivity contribution in [3.05, 3.63) is 35.0 Å². The zero-order valence-corrected chi connectivity index (χ0v) is 11.3. The first-order valence-electron chi connectivity index (χ1n) is 7.09. The third kappa shape index (κ3) is 1.93. The summed E-state index contributed by atoms with van der Waals surface area (Å²) >= 11 is 0. The van der Waals surface area contributed by atoms with Gasteiger partial charge in [-0.05, 0) is 55.9 Å². The summed E-state index contributed by atoms with van der Waals surface area (Å²) in [6, 6.07) is 5.56. The highest BCUT2D eigenvalue weighted by atomic mass is 16.4. The fraction of sp³-hybridized carbons (Fsp3) is 0.438. The van der Waals surface area contributed by atoms with Gasteiger partial charge >= 0.3 is 5.97 Å². The van der Waals surface area contributed by atoms with Crippen molar-refractivity contribution >= 4 is 16.9 Å². The number of hydrogen-bond acceptors (Lipinski definition) is 1. The summed E-state index contributed by atoms with van der Waals surface area (Å²) in [7, 11) is 0. The van der Waals surface area contributed by atoms with Crippen LogP contribution in [0.5, 0.6) is 0 Å². The van der Waals surface area contributed by atoms with Gasteiger partial charge in [-0.2, -0.15) is 0 Å². The van der Waals surface area contributed by atoms with E-state index in [0.29, 0.717) is 5.56 Å². The molecule has 0 radical (unpaired) electrons. The summed E-state index contributed by atoms with van der Waals surface area (Å²) in [4.78, 5) is 11.1. The fourth-order valence-electron chi connectivity index (χ4n) is 3.25. The number of aromatic carboxylic acids is 1. The highest BCUT2D eigenvalue weighted by Gasteiger charge is 2.20. The lowest BCUT2D eigenvalue weighted by Gasteiger charge is -2.15. The largest absolute Gasteiger partial charge is 0.478 e. The van der Waals surface area contributed by atoms with Crippen LogP contribution in [0.2, 0.25) is 0 Å². The molecule has 0 saturated heterocycles. The number of hydrogen-bond donors (Lipinski definition) is 1. The summed E-state index contributed by atoms with van der Waals surface area (Å²) in [6.07, 6.45) is 5.79. The predicted molar refractivity (Wildman–Crippen MR) is 75.8 cm³/mol. The molecule has 1 aliphatic carbocycles. The Morgan fingerprint density at radius 3 is 2.84 bits per heavy atom. The molecule has 2 aromatic rings. The molecule has 0 aliphatic heterocycles. The fourth-order valence-corrected chi connectivity index (χ4v) is 3.25. The van der Waals surface area contributed by atoms with Crippen molar-refractivity contribution in [2.24, 2.45) is 0 Å². The summed E-state index contributed by atoms with van der Waals surface area (Å²) in [5, 5.41) is 10.3. The molecule has 1 aromatic carbocycles. The van der Waals surface area contributed by atoms with Crippen LogP contribution in [-0.4, -0.2) is 15.6 Å². The van der Waals surface area contributed by atoms with Crippen LogP contribution in [0.1, 0.15) is 47.8 Å². The van der Waals surface area contributed by atoms with Crippen LogP contribution in [0.4, 0.5) is 0 Å². The Balaban J connectivity index is 2.26. The molecule has 1 heterocycles.